The van der Waals surface area contributed by atoms with E-state index < -0.39 is 0 Å². The molecule has 0 unspecified atom stereocenters. The van der Waals surface area contributed by atoms with Crippen molar-refractivity contribution in [3.63, 3.8) is 0 Å². The predicted molar refractivity (Wildman–Crippen MR) is 53.9 cm³/mol. The van der Waals surface area contributed by atoms with Gasteiger partial charge >= 0.3 is 0 Å². The summed E-state index contributed by atoms with van der Waals surface area (Å²) in [6.45, 7) is 2.21. The van der Waals surface area contributed by atoms with Gasteiger partial charge in [0.05, 0.1) is 12.9 Å². The highest BCUT2D eigenvalue weighted by Gasteiger charge is 2.08. The molecule has 2 aromatic heterocycles. The Bertz CT molecular complexity index is 523. The van der Waals surface area contributed by atoms with Crippen molar-refractivity contribution in [2.45, 2.75) is 13.5 Å². The smallest absolute Gasteiger partial charge is 0.165 e. The molecular weight excluding hydrogens is 200 g/mol. The minimum absolute atomic E-state index is 0.364. The second-order valence-electron chi connectivity index (χ2n) is 2.81. The Balaban J connectivity index is 2.73. The van der Waals surface area contributed by atoms with Gasteiger partial charge in [0, 0.05) is 0 Å². The lowest BCUT2D eigenvalue weighted by Crippen LogP contribution is -1.97. The minimum atomic E-state index is 0.364. The zero-order valence-electron chi connectivity index (χ0n) is 7.53. The van der Waals surface area contributed by atoms with E-state index in [1.165, 1.54) is 0 Å². The standard InChI is InChI=1S/C9H7ClN4/c1-3-4-14-5-11-7-8(10)12-6(2)13-9(7)14/h1,5H,4H2,2H3. The van der Waals surface area contributed by atoms with Gasteiger partial charge in [-0.2, -0.15) is 0 Å². The maximum absolute atomic E-state index is 5.90. The van der Waals surface area contributed by atoms with Crippen LogP contribution in [0.25, 0.3) is 11.2 Å². The molecule has 0 fully saturated rings. The van der Waals surface area contributed by atoms with Gasteiger partial charge in [0.2, 0.25) is 0 Å². The number of fused-ring (bicyclic) bond motifs is 1. The quantitative estimate of drug-likeness (QED) is 0.524. The molecular formula is C9H7ClN4. The van der Waals surface area contributed by atoms with E-state index in [2.05, 4.69) is 20.9 Å². The normalized spacial score (nSPS) is 10.4. The summed E-state index contributed by atoms with van der Waals surface area (Å²) in [5.41, 5.74) is 1.27. The number of nitrogens with zero attached hydrogens (tertiary/aromatic N) is 4. The fraction of sp³-hybridized carbons (Fsp3) is 0.222. The molecule has 14 heavy (non-hydrogen) atoms. The second kappa shape index (κ2) is 3.28. The van der Waals surface area contributed by atoms with Crippen molar-refractivity contribution in [1.29, 1.82) is 0 Å². The van der Waals surface area contributed by atoms with Crippen LogP contribution in [0.4, 0.5) is 0 Å². The van der Waals surface area contributed by atoms with Crippen LogP contribution in [-0.2, 0) is 6.54 Å². The lowest BCUT2D eigenvalue weighted by atomic mass is 10.5. The first-order valence-electron chi connectivity index (χ1n) is 4.01. The van der Waals surface area contributed by atoms with Gasteiger partial charge in [-0.3, -0.25) is 0 Å². The number of rotatable bonds is 1. The number of hydrogen-bond donors (Lipinski definition) is 0. The highest BCUT2D eigenvalue weighted by molar-refractivity contribution is 6.33. The van der Waals surface area contributed by atoms with Crippen molar-refractivity contribution in [2.24, 2.45) is 0 Å². The number of halogens is 1. The molecule has 0 aliphatic rings. The monoisotopic (exact) mass is 206 g/mol. The van der Waals surface area contributed by atoms with Crippen molar-refractivity contribution in [1.82, 2.24) is 19.5 Å². The van der Waals surface area contributed by atoms with Crippen molar-refractivity contribution < 1.29 is 0 Å². The molecule has 5 heteroatoms. The van der Waals surface area contributed by atoms with E-state index in [0.29, 0.717) is 28.7 Å². The van der Waals surface area contributed by atoms with Crippen LogP contribution in [-0.4, -0.2) is 19.5 Å². The maximum Gasteiger partial charge on any atom is 0.165 e. The summed E-state index contributed by atoms with van der Waals surface area (Å²) < 4.78 is 1.76. The molecule has 70 valence electrons. The number of imidazole rings is 1. The molecule has 0 amide bonds. The molecule has 0 aliphatic heterocycles. The van der Waals surface area contributed by atoms with Gasteiger partial charge in [0.25, 0.3) is 0 Å². The summed E-state index contributed by atoms with van der Waals surface area (Å²) in [6.07, 6.45) is 6.83. The fourth-order valence-corrected chi connectivity index (χ4v) is 1.48. The third-order valence-electron chi connectivity index (χ3n) is 1.79. The van der Waals surface area contributed by atoms with Gasteiger partial charge in [0.1, 0.15) is 11.3 Å². The van der Waals surface area contributed by atoms with Crippen molar-refractivity contribution in [2.75, 3.05) is 0 Å². The number of terminal acetylenes is 1. The Morgan fingerprint density at radius 3 is 3.07 bits per heavy atom. The lowest BCUT2D eigenvalue weighted by Gasteiger charge is -1.98. The molecule has 0 spiro atoms. The summed E-state index contributed by atoms with van der Waals surface area (Å²) in [5.74, 6) is 3.13. The SMILES string of the molecule is C#CCn1cnc2c(Cl)nc(C)nc21. The van der Waals surface area contributed by atoms with E-state index in [4.69, 9.17) is 18.0 Å². The molecule has 0 aliphatic carbocycles. The highest BCUT2D eigenvalue weighted by atomic mass is 35.5. The first kappa shape index (κ1) is 8.97. The topological polar surface area (TPSA) is 43.6 Å². The van der Waals surface area contributed by atoms with E-state index in [1.807, 2.05) is 0 Å². The molecule has 0 radical (unpaired) electrons. The van der Waals surface area contributed by atoms with E-state index in [0.717, 1.165) is 0 Å². The van der Waals surface area contributed by atoms with Gasteiger partial charge in [-0.15, -0.1) is 6.42 Å². The molecule has 2 rings (SSSR count). The van der Waals surface area contributed by atoms with Gasteiger partial charge in [-0.05, 0) is 6.92 Å². The third-order valence-corrected chi connectivity index (χ3v) is 2.06. The summed E-state index contributed by atoms with van der Waals surface area (Å²) >= 11 is 5.90. The third kappa shape index (κ3) is 1.32. The van der Waals surface area contributed by atoms with E-state index in [1.54, 1.807) is 17.8 Å². The Hall–Kier alpha value is -1.60. The number of aromatic nitrogens is 4. The zero-order valence-corrected chi connectivity index (χ0v) is 8.28. The molecule has 2 aromatic rings. The number of aryl methyl sites for hydroxylation is 1. The average molecular weight is 207 g/mol. The van der Waals surface area contributed by atoms with Crippen LogP contribution in [0.5, 0.6) is 0 Å². The van der Waals surface area contributed by atoms with Crippen LogP contribution in [0.15, 0.2) is 6.33 Å². The van der Waals surface area contributed by atoms with E-state index >= 15 is 0 Å². The van der Waals surface area contributed by atoms with Crippen molar-refractivity contribution in [3.8, 4) is 12.3 Å². The van der Waals surface area contributed by atoms with Crippen LogP contribution in [0, 0.1) is 19.3 Å². The first-order valence-corrected chi connectivity index (χ1v) is 4.38. The van der Waals surface area contributed by atoms with Gasteiger partial charge < -0.3 is 4.57 Å². The number of hydrogen-bond acceptors (Lipinski definition) is 3. The van der Waals surface area contributed by atoms with Crippen LogP contribution < -0.4 is 0 Å². The van der Waals surface area contributed by atoms with E-state index in [9.17, 15) is 0 Å². The Morgan fingerprint density at radius 1 is 1.57 bits per heavy atom. The van der Waals surface area contributed by atoms with E-state index in [-0.39, 0.29) is 0 Å². The largest absolute Gasteiger partial charge is 0.303 e. The maximum atomic E-state index is 5.90. The Labute approximate surface area is 86.0 Å². The molecule has 0 saturated heterocycles. The molecule has 0 N–H and O–H groups in total. The summed E-state index contributed by atoms with van der Waals surface area (Å²) in [6, 6.07) is 0. The molecule has 4 nitrogen and oxygen atoms in total. The minimum Gasteiger partial charge on any atom is -0.303 e. The molecule has 0 atom stereocenters. The van der Waals surface area contributed by atoms with Crippen LogP contribution >= 0.6 is 11.6 Å². The van der Waals surface area contributed by atoms with Crippen LogP contribution in [0.3, 0.4) is 0 Å². The molecule has 0 saturated carbocycles. The molecule has 2 heterocycles. The van der Waals surface area contributed by atoms with Gasteiger partial charge in [-0.1, -0.05) is 17.5 Å². The Morgan fingerprint density at radius 2 is 2.36 bits per heavy atom. The highest BCUT2D eigenvalue weighted by Crippen LogP contribution is 2.18. The Kier molecular flexibility index (Phi) is 2.10. The fourth-order valence-electron chi connectivity index (χ4n) is 1.23. The lowest BCUT2D eigenvalue weighted by molar-refractivity contribution is 0.852. The molecule has 0 bridgehead atoms. The van der Waals surface area contributed by atoms with Crippen LogP contribution in [0.2, 0.25) is 5.15 Å². The van der Waals surface area contributed by atoms with Gasteiger partial charge in [-0.25, -0.2) is 15.0 Å². The predicted octanol–water partition coefficient (Wildman–Crippen LogP) is 1.42. The van der Waals surface area contributed by atoms with Crippen molar-refractivity contribution >= 4 is 22.8 Å². The van der Waals surface area contributed by atoms with Crippen molar-refractivity contribution in [3.05, 3.63) is 17.3 Å². The molecule has 0 aromatic carbocycles. The second-order valence-corrected chi connectivity index (χ2v) is 3.17. The summed E-state index contributed by atoms with van der Waals surface area (Å²) in [4.78, 5) is 12.3. The first-order chi connectivity index (χ1) is 6.72. The van der Waals surface area contributed by atoms with Gasteiger partial charge in [0.15, 0.2) is 10.8 Å². The summed E-state index contributed by atoms with van der Waals surface area (Å²) in [5, 5.41) is 0.364. The van der Waals surface area contributed by atoms with Crippen LogP contribution in [0.1, 0.15) is 5.82 Å². The summed E-state index contributed by atoms with van der Waals surface area (Å²) in [7, 11) is 0. The zero-order chi connectivity index (χ0) is 10.1. The average Bonchev–Trinajstić information content (AvgIpc) is 2.49.